The lowest BCUT2D eigenvalue weighted by Crippen LogP contribution is -2.55. The number of hydrazone groups is 1. The molecule has 0 aliphatic carbocycles. The molecule has 3 aromatic carbocycles. The molecular weight excluding hydrogens is 386 g/mol. The van der Waals surface area contributed by atoms with Gasteiger partial charge in [-0.1, -0.05) is 60.1 Å². The number of benzene rings is 3. The highest BCUT2D eigenvalue weighted by molar-refractivity contribution is 6.31. The summed E-state index contributed by atoms with van der Waals surface area (Å²) in [7, 11) is 0. The van der Waals surface area contributed by atoms with Gasteiger partial charge in [-0.05, 0) is 29.8 Å². The van der Waals surface area contributed by atoms with E-state index in [4.69, 9.17) is 21.4 Å². The van der Waals surface area contributed by atoms with E-state index >= 15 is 0 Å². The molecule has 6 heteroatoms. The van der Waals surface area contributed by atoms with Crippen LogP contribution in [-0.2, 0) is 10.5 Å². The molecule has 3 aliphatic heterocycles. The van der Waals surface area contributed by atoms with Crippen LogP contribution in [-0.4, -0.2) is 16.6 Å². The normalized spacial score (nSPS) is 23.8. The van der Waals surface area contributed by atoms with E-state index in [0.29, 0.717) is 28.4 Å². The van der Waals surface area contributed by atoms with Gasteiger partial charge in [-0.25, -0.2) is 5.01 Å². The Morgan fingerprint density at radius 2 is 1.86 bits per heavy atom. The summed E-state index contributed by atoms with van der Waals surface area (Å²) in [6.07, 6.45) is 0.690. The number of rotatable bonds is 1. The van der Waals surface area contributed by atoms with E-state index in [1.807, 2.05) is 59.6 Å². The minimum atomic E-state index is -1.38. The van der Waals surface area contributed by atoms with Crippen LogP contribution in [0.4, 0.5) is 5.69 Å². The van der Waals surface area contributed by atoms with Gasteiger partial charge >= 0.3 is 5.72 Å². The minimum Gasteiger partial charge on any atom is -0.453 e. The highest BCUT2D eigenvalue weighted by atomic mass is 35.5. The summed E-state index contributed by atoms with van der Waals surface area (Å²) in [5, 5.41) is 10.2. The van der Waals surface area contributed by atoms with Crippen LogP contribution in [0.3, 0.4) is 0 Å². The molecule has 3 aromatic rings. The highest BCUT2D eigenvalue weighted by Crippen LogP contribution is 2.54. The first-order valence-corrected chi connectivity index (χ1v) is 9.86. The van der Waals surface area contributed by atoms with Crippen LogP contribution in [0.1, 0.15) is 29.2 Å². The van der Waals surface area contributed by atoms with Crippen LogP contribution in [0, 0.1) is 0 Å². The van der Waals surface area contributed by atoms with Crippen molar-refractivity contribution >= 4 is 28.9 Å². The van der Waals surface area contributed by atoms with Gasteiger partial charge in [0.1, 0.15) is 5.75 Å². The number of anilines is 1. The molecular formula is C23H16ClN3O2. The predicted molar refractivity (Wildman–Crippen MR) is 111 cm³/mol. The number of hydrogen-bond donors (Lipinski definition) is 1. The number of nitrogens with one attached hydrogen (secondary N) is 1. The van der Waals surface area contributed by atoms with Gasteiger partial charge in [-0.3, -0.25) is 4.79 Å². The predicted octanol–water partition coefficient (Wildman–Crippen LogP) is 4.69. The zero-order valence-corrected chi connectivity index (χ0v) is 16.1. The van der Waals surface area contributed by atoms with Crippen molar-refractivity contribution < 1.29 is 9.53 Å². The Morgan fingerprint density at radius 1 is 1.07 bits per heavy atom. The summed E-state index contributed by atoms with van der Waals surface area (Å²) in [5.41, 5.74) is 3.00. The van der Waals surface area contributed by atoms with Crippen molar-refractivity contribution in [1.82, 2.24) is 5.01 Å². The van der Waals surface area contributed by atoms with Gasteiger partial charge in [0.15, 0.2) is 0 Å². The van der Waals surface area contributed by atoms with Crippen molar-refractivity contribution in [1.29, 1.82) is 0 Å². The van der Waals surface area contributed by atoms with Crippen LogP contribution in [0.2, 0.25) is 5.02 Å². The maximum Gasteiger partial charge on any atom is 0.306 e. The molecule has 3 aliphatic rings. The lowest BCUT2D eigenvalue weighted by Gasteiger charge is -2.44. The fourth-order valence-electron chi connectivity index (χ4n) is 4.47. The van der Waals surface area contributed by atoms with Crippen LogP contribution >= 0.6 is 11.6 Å². The zero-order chi connectivity index (χ0) is 19.6. The first-order valence-electron chi connectivity index (χ1n) is 9.48. The second-order valence-electron chi connectivity index (χ2n) is 7.41. The highest BCUT2D eigenvalue weighted by Gasteiger charge is 2.60. The summed E-state index contributed by atoms with van der Waals surface area (Å²) >= 11 is 6.29. The van der Waals surface area contributed by atoms with E-state index in [9.17, 15) is 4.79 Å². The summed E-state index contributed by atoms with van der Waals surface area (Å²) in [6, 6.07) is 23.1. The molecule has 1 spiro atoms. The lowest BCUT2D eigenvalue weighted by atomic mass is 9.92. The van der Waals surface area contributed by atoms with E-state index in [-0.39, 0.29) is 11.9 Å². The molecule has 0 fully saturated rings. The molecule has 0 bridgehead atoms. The van der Waals surface area contributed by atoms with E-state index in [2.05, 4.69) is 5.32 Å². The maximum atomic E-state index is 13.3. The van der Waals surface area contributed by atoms with Gasteiger partial charge in [-0.15, -0.1) is 0 Å². The van der Waals surface area contributed by atoms with Gasteiger partial charge in [-0.2, -0.15) is 5.10 Å². The molecule has 0 aromatic heterocycles. The Morgan fingerprint density at radius 3 is 2.72 bits per heavy atom. The van der Waals surface area contributed by atoms with Gasteiger partial charge in [0.05, 0.1) is 23.0 Å². The van der Waals surface area contributed by atoms with Crippen molar-refractivity contribution in [2.24, 2.45) is 5.10 Å². The van der Waals surface area contributed by atoms with Crippen LogP contribution in [0.25, 0.3) is 0 Å². The van der Waals surface area contributed by atoms with Crippen molar-refractivity contribution in [3.05, 3.63) is 94.5 Å². The van der Waals surface area contributed by atoms with Gasteiger partial charge < -0.3 is 10.1 Å². The summed E-state index contributed by atoms with van der Waals surface area (Å²) < 4.78 is 6.42. The first-order chi connectivity index (χ1) is 14.2. The largest absolute Gasteiger partial charge is 0.453 e. The molecule has 5 nitrogen and oxygen atoms in total. The maximum absolute atomic E-state index is 13.3. The van der Waals surface area contributed by atoms with E-state index < -0.39 is 5.72 Å². The second kappa shape index (κ2) is 5.84. The molecule has 6 rings (SSSR count). The standard InChI is InChI=1S/C23H16ClN3O2/c24-15-10-11-18-17(12-15)23(22(28)25-18)27-20(16-8-4-5-9-21(16)29-23)13-19(26-27)14-6-2-1-3-7-14/h1-12,20H,13H2,(H,25,28). The van der Waals surface area contributed by atoms with Crippen LogP contribution in [0.15, 0.2) is 77.9 Å². The van der Waals surface area contributed by atoms with Crippen molar-refractivity contribution in [3.63, 3.8) is 0 Å². The average molecular weight is 402 g/mol. The van der Waals surface area contributed by atoms with Gasteiger partial charge in [0, 0.05) is 17.0 Å². The molecule has 2 unspecified atom stereocenters. The number of fused-ring (bicyclic) bond motifs is 6. The van der Waals surface area contributed by atoms with E-state index in [1.54, 1.807) is 18.2 Å². The smallest absolute Gasteiger partial charge is 0.306 e. The number of halogens is 1. The number of carbonyl (C=O) groups excluding carboxylic acids is 1. The summed E-state index contributed by atoms with van der Waals surface area (Å²) in [6.45, 7) is 0. The molecule has 0 radical (unpaired) electrons. The molecule has 1 N–H and O–H groups in total. The topological polar surface area (TPSA) is 53.9 Å². The van der Waals surface area contributed by atoms with E-state index in [1.165, 1.54) is 0 Å². The molecule has 0 saturated carbocycles. The summed E-state index contributed by atoms with van der Waals surface area (Å²) in [4.78, 5) is 13.3. The molecule has 1 amide bonds. The number of para-hydroxylation sites is 1. The number of amides is 1. The van der Waals surface area contributed by atoms with E-state index in [0.717, 1.165) is 16.8 Å². The quantitative estimate of drug-likeness (QED) is 0.643. The number of ether oxygens (including phenoxy) is 1. The van der Waals surface area contributed by atoms with Crippen LogP contribution in [0.5, 0.6) is 5.75 Å². The number of carbonyl (C=O) groups is 1. The minimum absolute atomic E-state index is 0.106. The Hall–Kier alpha value is -3.31. The van der Waals surface area contributed by atoms with Gasteiger partial charge in [0.25, 0.3) is 5.91 Å². The molecule has 0 saturated heterocycles. The second-order valence-corrected chi connectivity index (χ2v) is 7.84. The van der Waals surface area contributed by atoms with Gasteiger partial charge in [0.2, 0.25) is 0 Å². The Bertz CT molecular complexity index is 1190. The Labute approximate surface area is 172 Å². The lowest BCUT2D eigenvalue weighted by molar-refractivity contribution is -0.161. The zero-order valence-electron chi connectivity index (χ0n) is 15.3. The summed E-state index contributed by atoms with van der Waals surface area (Å²) in [5.74, 6) is 0.438. The molecule has 2 atom stereocenters. The Balaban J connectivity index is 1.59. The fourth-order valence-corrected chi connectivity index (χ4v) is 4.64. The molecule has 3 heterocycles. The third-order valence-electron chi connectivity index (χ3n) is 5.78. The first kappa shape index (κ1) is 16.6. The van der Waals surface area contributed by atoms with Crippen molar-refractivity contribution in [2.45, 2.75) is 18.2 Å². The Kier molecular flexibility index (Phi) is 3.35. The number of hydrogen-bond acceptors (Lipinski definition) is 4. The molecule has 142 valence electrons. The van der Waals surface area contributed by atoms with Crippen molar-refractivity contribution in [3.8, 4) is 5.75 Å². The third kappa shape index (κ3) is 2.22. The number of nitrogens with zero attached hydrogens (tertiary/aromatic N) is 2. The monoisotopic (exact) mass is 401 g/mol. The van der Waals surface area contributed by atoms with Crippen molar-refractivity contribution in [2.75, 3.05) is 5.32 Å². The molecule has 29 heavy (non-hydrogen) atoms. The average Bonchev–Trinajstić information content (AvgIpc) is 3.31. The fraction of sp³-hybridized carbons (Fsp3) is 0.130. The third-order valence-corrected chi connectivity index (χ3v) is 6.01. The van der Waals surface area contributed by atoms with Crippen LogP contribution < -0.4 is 10.1 Å². The SMILES string of the molecule is O=C1Nc2ccc(Cl)cc2C12Oc1ccccc1C1CC(c3ccccc3)=NN12.